The predicted molar refractivity (Wildman–Crippen MR) is 121 cm³/mol. The molecule has 0 saturated carbocycles. The highest BCUT2D eigenvalue weighted by Crippen LogP contribution is 2.32. The Kier molecular flexibility index (Phi) is 5.14. The molecule has 3 heterocycles. The summed E-state index contributed by atoms with van der Waals surface area (Å²) in [5.41, 5.74) is 7.75. The van der Waals surface area contributed by atoms with E-state index in [4.69, 9.17) is 14.5 Å². The van der Waals surface area contributed by atoms with E-state index in [9.17, 15) is 9.59 Å². The van der Waals surface area contributed by atoms with Crippen LogP contribution in [0.3, 0.4) is 0 Å². The van der Waals surface area contributed by atoms with Gasteiger partial charge < -0.3 is 9.47 Å². The number of hydrogen-bond acceptors (Lipinski definition) is 6. The Bertz CT molecular complexity index is 1360. The summed E-state index contributed by atoms with van der Waals surface area (Å²) in [6.45, 7) is 4.10. The maximum atomic E-state index is 13.1. The zero-order valence-electron chi connectivity index (χ0n) is 18.0. The first-order valence-corrected chi connectivity index (χ1v) is 10.5. The van der Waals surface area contributed by atoms with Gasteiger partial charge in [-0.15, -0.1) is 0 Å². The van der Waals surface area contributed by atoms with Gasteiger partial charge in [0.25, 0.3) is 11.8 Å². The Morgan fingerprint density at radius 2 is 1.73 bits per heavy atom. The van der Waals surface area contributed by atoms with E-state index < -0.39 is 11.8 Å². The lowest BCUT2D eigenvalue weighted by molar-refractivity contribution is 0.0847. The standard InChI is InChI=1S/C24H21N5O4/c1-14(2)29-22-18(12-25-29)17(11-19(26-22)15-6-4-3-5-7-15)24(31)28-27-23(30)16-8-9-20-21(10-16)33-13-32-20/h3-12,14H,13H2,1-2H3,(H,27,30)(H,28,31). The van der Waals surface area contributed by atoms with Crippen molar-refractivity contribution in [2.45, 2.75) is 19.9 Å². The highest BCUT2D eigenvalue weighted by molar-refractivity contribution is 6.07. The molecule has 33 heavy (non-hydrogen) atoms. The SMILES string of the molecule is CC(C)n1ncc2c(C(=O)NNC(=O)c3ccc4c(c3)OCO4)cc(-c3ccccc3)nc21. The van der Waals surface area contributed by atoms with E-state index in [2.05, 4.69) is 16.0 Å². The molecule has 0 unspecified atom stereocenters. The average Bonchev–Trinajstić information content (AvgIpc) is 3.48. The molecular weight excluding hydrogens is 422 g/mol. The molecule has 0 atom stereocenters. The second-order valence-corrected chi connectivity index (χ2v) is 7.82. The van der Waals surface area contributed by atoms with E-state index in [1.54, 1.807) is 35.1 Å². The fourth-order valence-corrected chi connectivity index (χ4v) is 3.63. The molecular formula is C24H21N5O4. The lowest BCUT2D eigenvalue weighted by atomic mass is 10.1. The number of nitrogens with zero attached hydrogens (tertiary/aromatic N) is 3. The monoisotopic (exact) mass is 443 g/mol. The Balaban J connectivity index is 1.44. The third-order valence-electron chi connectivity index (χ3n) is 5.29. The van der Waals surface area contributed by atoms with Crippen LogP contribution in [0.25, 0.3) is 22.3 Å². The van der Waals surface area contributed by atoms with E-state index in [-0.39, 0.29) is 12.8 Å². The molecule has 9 nitrogen and oxygen atoms in total. The van der Waals surface area contributed by atoms with Crippen molar-refractivity contribution in [1.29, 1.82) is 0 Å². The molecule has 166 valence electrons. The van der Waals surface area contributed by atoms with Crippen molar-refractivity contribution in [3.05, 3.63) is 71.9 Å². The first-order chi connectivity index (χ1) is 16.0. The molecule has 5 rings (SSSR count). The van der Waals surface area contributed by atoms with Crippen molar-refractivity contribution >= 4 is 22.8 Å². The second-order valence-electron chi connectivity index (χ2n) is 7.82. The summed E-state index contributed by atoms with van der Waals surface area (Å²) in [5, 5.41) is 5.01. The van der Waals surface area contributed by atoms with Crippen LogP contribution in [0, 0.1) is 0 Å². The summed E-state index contributed by atoms with van der Waals surface area (Å²) in [4.78, 5) is 30.4. The number of amides is 2. The fourth-order valence-electron chi connectivity index (χ4n) is 3.63. The van der Waals surface area contributed by atoms with Gasteiger partial charge in [0.2, 0.25) is 6.79 Å². The van der Waals surface area contributed by atoms with E-state index in [1.165, 1.54) is 0 Å². The van der Waals surface area contributed by atoms with Crippen LogP contribution in [-0.2, 0) is 0 Å². The molecule has 2 amide bonds. The fraction of sp³-hybridized carbons (Fsp3) is 0.167. The molecule has 2 aromatic heterocycles. The number of benzene rings is 2. The van der Waals surface area contributed by atoms with Gasteiger partial charge in [0.15, 0.2) is 17.1 Å². The van der Waals surface area contributed by atoms with Gasteiger partial charge in [-0.1, -0.05) is 30.3 Å². The van der Waals surface area contributed by atoms with Crippen molar-refractivity contribution in [1.82, 2.24) is 25.6 Å². The van der Waals surface area contributed by atoms with Gasteiger partial charge in [0, 0.05) is 17.2 Å². The highest BCUT2D eigenvalue weighted by atomic mass is 16.7. The molecule has 9 heteroatoms. The Morgan fingerprint density at radius 1 is 0.970 bits per heavy atom. The number of rotatable bonds is 4. The molecule has 0 spiro atoms. The van der Waals surface area contributed by atoms with Crippen molar-refractivity contribution in [2.75, 3.05) is 6.79 Å². The molecule has 0 radical (unpaired) electrons. The molecule has 2 N–H and O–H groups in total. The smallest absolute Gasteiger partial charge is 0.270 e. The van der Waals surface area contributed by atoms with Gasteiger partial charge in [-0.2, -0.15) is 5.10 Å². The largest absolute Gasteiger partial charge is 0.454 e. The summed E-state index contributed by atoms with van der Waals surface area (Å²) < 4.78 is 12.3. The van der Waals surface area contributed by atoms with E-state index >= 15 is 0 Å². The van der Waals surface area contributed by atoms with E-state index in [0.717, 1.165) is 5.56 Å². The number of hydrogen-bond donors (Lipinski definition) is 2. The number of carbonyl (C=O) groups excluding carboxylic acids is 2. The lowest BCUT2D eigenvalue weighted by Gasteiger charge is -2.12. The first kappa shape index (κ1) is 20.5. The van der Waals surface area contributed by atoms with E-state index in [0.29, 0.717) is 39.4 Å². The Morgan fingerprint density at radius 3 is 2.52 bits per heavy atom. The quantitative estimate of drug-likeness (QED) is 0.468. The Hall–Kier alpha value is -4.40. The molecule has 0 aliphatic carbocycles. The van der Waals surface area contributed by atoms with Crippen molar-refractivity contribution in [3.63, 3.8) is 0 Å². The number of hydrazine groups is 1. The highest BCUT2D eigenvalue weighted by Gasteiger charge is 2.20. The Labute approximate surface area is 189 Å². The van der Waals surface area contributed by atoms with Crippen LogP contribution < -0.4 is 20.3 Å². The van der Waals surface area contributed by atoms with Crippen molar-refractivity contribution in [2.24, 2.45) is 0 Å². The summed E-state index contributed by atoms with van der Waals surface area (Å²) in [5.74, 6) is 0.105. The number of carbonyl (C=O) groups is 2. The van der Waals surface area contributed by atoms with Crippen molar-refractivity contribution < 1.29 is 19.1 Å². The third-order valence-corrected chi connectivity index (χ3v) is 5.29. The third kappa shape index (κ3) is 3.84. The maximum Gasteiger partial charge on any atom is 0.270 e. The maximum absolute atomic E-state index is 13.1. The van der Waals surface area contributed by atoms with E-state index in [1.807, 2.05) is 44.2 Å². The van der Waals surface area contributed by atoms with Crippen LogP contribution in [0.5, 0.6) is 11.5 Å². The minimum atomic E-state index is -0.479. The molecule has 4 aromatic rings. The molecule has 0 bridgehead atoms. The van der Waals surface area contributed by atoms with Crippen LogP contribution in [-0.4, -0.2) is 33.4 Å². The van der Waals surface area contributed by atoms with Crippen LogP contribution in [0.15, 0.2) is 60.8 Å². The summed E-state index contributed by atoms with van der Waals surface area (Å²) >= 11 is 0. The normalized spacial score (nSPS) is 12.2. The number of ether oxygens (including phenoxy) is 2. The minimum absolute atomic E-state index is 0.0580. The van der Waals surface area contributed by atoms with Gasteiger partial charge >= 0.3 is 0 Å². The summed E-state index contributed by atoms with van der Waals surface area (Å²) in [6.07, 6.45) is 1.62. The van der Waals surface area contributed by atoms with Gasteiger partial charge in [-0.05, 0) is 38.1 Å². The minimum Gasteiger partial charge on any atom is -0.454 e. The molecule has 2 aromatic carbocycles. The number of pyridine rings is 1. The average molecular weight is 443 g/mol. The van der Waals surface area contributed by atoms with Gasteiger partial charge in [-0.25, -0.2) is 9.67 Å². The topological polar surface area (TPSA) is 107 Å². The lowest BCUT2D eigenvalue weighted by Crippen LogP contribution is -2.41. The summed E-state index contributed by atoms with van der Waals surface area (Å²) in [7, 11) is 0. The second kappa shape index (κ2) is 8.27. The summed E-state index contributed by atoms with van der Waals surface area (Å²) in [6, 6.07) is 16.2. The predicted octanol–water partition coefficient (Wildman–Crippen LogP) is 3.48. The number of fused-ring (bicyclic) bond motifs is 2. The van der Waals surface area contributed by atoms with Crippen LogP contribution in [0.1, 0.15) is 40.6 Å². The van der Waals surface area contributed by atoms with Crippen LogP contribution in [0.4, 0.5) is 0 Å². The number of nitrogens with one attached hydrogen (secondary N) is 2. The zero-order chi connectivity index (χ0) is 22.9. The first-order valence-electron chi connectivity index (χ1n) is 10.5. The van der Waals surface area contributed by atoms with Crippen LogP contribution in [0.2, 0.25) is 0 Å². The van der Waals surface area contributed by atoms with Gasteiger partial charge in [0.1, 0.15) is 0 Å². The molecule has 0 saturated heterocycles. The van der Waals surface area contributed by atoms with Gasteiger partial charge in [-0.3, -0.25) is 20.4 Å². The van der Waals surface area contributed by atoms with Crippen molar-refractivity contribution in [3.8, 4) is 22.8 Å². The van der Waals surface area contributed by atoms with Gasteiger partial charge in [0.05, 0.1) is 22.8 Å². The van der Waals surface area contributed by atoms with Crippen LogP contribution >= 0.6 is 0 Å². The molecule has 1 aliphatic heterocycles. The number of aromatic nitrogens is 3. The molecule has 0 fully saturated rings. The zero-order valence-corrected chi connectivity index (χ0v) is 18.0. The molecule has 1 aliphatic rings.